The first-order chi connectivity index (χ1) is 7.58. The minimum absolute atomic E-state index is 0.0918. The lowest BCUT2D eigenvalue weighted by atomic mass is 10.3. The van der Waals surface area contributed by atoms with E-state index >= 15 is 0 Å². The molecule has 1 heterocycles. The van der Waals surface area contributed by atoms with E-state index in [-0.39, 0.29) is 5.69 Å². The summed E-state index contributed by atoms with van der Waals surface area (Å²) in [6.07, 6.45) is 0. The number of hydrogen-bond donors (Lipinski definition) is 1. The molecular weight excluding hydrogens is 295 g/mol. The second-order valence-electron chi connectivity index (χ2n) is 3.05. The van der Waals surface area contributed by atoms with Crippen molar-refractivity contribution in [1.82, 2.24) is 9.78 Å². The van der Waals surface area contributed by atoms with Crippen molar-refractivity contribution in [1.29, 1.82) is 0 Å². The van der Waals surface area contributed by atoms with Crippen molar-refractivity contribution in [2.45, 2.75) is 0 Å². The second kappa shape index (κ2) is 4.27. The first kappa shape index (κ1) is 11.2. The molecule has 0 aliphatic carbocycles. The third kappa shape index (κ3) is 2.10. The summed E-state index contributed by atoms with van der Waals surface area (Å²) in [5.41, 5.74) is 0.738. The predicted octanol–water partition coefficient (Wildman–Crippen LogP) is 2.99. The minimum Gasteiger partial charge on any atom is -0.477 e. The highest BCUT2D eigenvalue weighted by molar-refractivity contribution is 9.10. The van der Waals surface area contributed by atoms with E-state index in [1.165, 1.54) is 10.7 Å². The average molecular weight is 302 g/mol. The van der Waals surface area contributed by atoms with Crippen molar-refractivity contribution in [2.75, 3.05) is 0 Å². The molecule has 0 atom stereocenters. The third-order valence-electron chi connectivity index (χ3n) is 1.97. The number of aromatic nitrogens is 2. The summed E-state index contributed by atoms with van der Waals surface area (Å²) in [6, 6.07) is 8.20. The van der Waals surface area contributed by atoms with Gasteiger partial charge in [0, 0.05) is 11.1 Å². The molecule has 1 aromatic carbocycles. The second-order valence-corrected chi connectivity index (χ2v) is 4.29. The summed E-state index contributed by atoms with van der Waals surface area (Å²) in [5.74, 6) is -1.03. The zero-order valence-corrected chi connectivity index (χ0v) is 10.2. The van der Waals surface area contributed by atoms with E-state index in [0.29, 0.717) is 15.3 Å². The molecule has 0 amide bonds. The van der Waals surface area contributed by atoms with Crippen LogP contribution in [-0.4, -0.2) is 20.9 Å². The molecule has 82 valence electrons. The molecule has 2 aromatic rings. The fourth-order valence-corrected chi connectivity index (χ4v) is 1.79. The zero-order chi connectivity index (χ0) is 11.7. The molecule has 1 N–H and O–H groups in total. The Bertz CT molecular complexity index is 536. The van der Waals surface area contributed by atoms with Gasteiger partial charge in [-0.15, -0.1) is 0 Å². The quantitative estimate of drug-likeness (QED) is 0.927. The van der Waals surface area contributed by atoms with Gasteiger partial charge in [0.25, 0.3) is 0 Å². The van der Waals surface area contributed by atoms with Gasteiger partial charge in [-0.05, 0) is 40.2 Å². The first-order valence-corrected chi connectivity index (χ1v) is 5.50. The van der Waals surface area contributed by atoms with E-state index in [2.05, 4.69) is 21.0 Å². The maximum atomic E-state index is 11.0. The molecule has 4 nitrogen and oxygen atoms in total. The van der Waals surface area contributed by atoms with Gasteiger partial charge < -0.3 is 5.11 Å². The van der Waals surface area contributed by atoms with Gasteiger partial charge in [0.15, 0.2) is 5.69 Å². The van der Waals surface area contributed by atoms with Crippen LogP contribution in [0.1, 0.15) is 10.5 Å². The summed E-state index contributed by atoms with van der Waals surface area (Å²) >= 11 is 8.89. The van der Waals surface area contributed by atoms with E-state index in [1.54, 1.807) is 24.3 Å². The monoisotopic (exact) mass is 300 g/mol. The van der Waals surface area contributed by atoms with Gasteiger partial charge in [0.05, 0.1) is 5.69 Å². The summed E-state index contributed by atoms with van der Waals surface area (Å²) < 4.78 is 1.81. The smallest absolute Gasteiger partial charge is 0.354 e. The van der Waals surface area contributed by atoms with E-state index < -0.39 is 5.97 Å². The van der Waals surface area contributed by atoms with Crippen molar-refractivity contribution >= 4 is 33.5 Å². The Labute approximate surface area is 105 Å². The van der Waals surface area contributed by atoms with Gasteiger partial charge in [-0.1, -0.05) is 11.6 Å². The number of carboxylic acids is 1. The van der Waals surface area contributed by atoms with Crippen molar-refractivity contribution in [3.8, 4) is 5.69 Å². The van der Waals surface area contributed by atoms with Gasteiger partial charge in [-0.3, -0.25) is 0 Å². The molecule has 2 rings (SSSR count). The number of rotatable bonds is 2. The van der Waals surface area contributed by atoms with E-state index in [4.69, 9.17) is 16.7 Å². The maximum Gasteiger partial charge on any atom is 0.354 e. The number of aromatic carboxylic acids is 1. The van der Waals surface area contributed by atoms with Crippen LogP contribution < -0.4 is 0 Å². The van der Waals surface area contributed by atoms with Crippen molar-refractivity contribution in [2.24, 2.45) is 0 Å². The van der Waals surface area contributed by atoms with Gasteiger partial charge in [-0.2, -0.15) is 5.10 Å². The van der Waals surface area contributed by atoms with Crippen LogP contribution in [0.2, 0.25) is 5.02 Å². The van der Waals surface area contributed by atoms with Gasteiger partial charge in [0.1, 0.15) is 4.60 Å². The number of benzene rings is 1. The minimum atomic E-state index is -1.03. The van der Waals surface area contributed by atoms with Crippen LogP contribution in [-0.2, 0) is 0 Å². The molecule has 0 unspecified atom stereocenters. The summed E-state index contributed by atoms with van der Waals surface area (Å²) in [7, 11) is 0. The lowest BCUT2D eigenvalue weighted by Crippen LogP contribution is -2.07. The number of carbonyl (C=O) groups is 1. The maximum absolute atomic E-state index is 11.0. The molecule has 0 radical (unpaired) electrons. The summed E-state index contributed by atoms with van der Waals surface area (Å²) in [5, 5.41) is 13.6. The average Bonchev–Trinajstić information content (AvgIpc) is 2.61. The fraction of sp³-hybridized carbons (Fsp3) is 0. The molecule has 0 spiro atoms. The van der Waals surface area contributed by atoms with Crippen LogP contribution in [0.25, 0.3) is 5.69 Å². The molecule has 0 aliphatic rings. The van der Waals surface area contributed by atoms with Gasteiger partial charge in [-0.25, -0.2) is 9.48 Å². The Morgan fingerprint density at radius 3 is 2.56 bits per heavy atom. The molecule has 16 heavy (non-hydrogen) atoms. The normalized spacial score (nSPS) is 10.4. The molecule has 0 saturated carbocycles. The highest BCUT2D eigenvalue weighted by Gasteiger charge is 2.14. The number of carboxylic acid groups (broad SMARTS) is 1. The standard InChI is InChI=1S/C10H6BrClN2O2/c11-9-5-8(10(15)16)14(13-9)7-3-1-6(12)2-4-7/h1-5H,(H,15,16). The predicted molar refractivity (Wildman–Crippen MR) is 63.2 cm³/mol. The number of nitrogens with zero attached hydrogens (tertiary/aromatic N) is 2. The van der Waals surface area contributed by atoms with E-state index in [0.717, 1.165) is 0 Å². The van der Waals surface area contributed by atoms with Crippen molar-refractivity contribution in [3.63, 3.8) is 0 Å². The van der Waals surface area contributed by atoms with Crippen molar-refractivity contribution < 1.29 is 9.90 Å². The Kier molecular flexibility index (Phi) is 2.98. The fourth-order valence-electron chi connectivity index (χ4n) is 1.28. The third-order valence-corrected chi connectivity index (χ3v) is 2.61. The highest BCUT2D eigenvalue weighted by atomic mass is 79.9. The van der Waals surface area contributed by atoms with E-state index in [1.807, 2.05) is 0 Å². The highest BCUT2D eigenvalue weighted by Crippen LogP contribution is 2.18. The molecule has 0 aliphatic heterocycles. The topological polar surface area (TPSA) is 55.1 Å². The molecule has 0 bridgehead atoms. The lowest BCUT2D eigenvalue weighted by molar-refractivity contribution is 0.0687. The largest absolute Gasteiger partial charge is 0.477 e. The van der Waals surface area contributed by atoms with Crippen LogP contribution in [0, 0.1) is 0 Å². The Balaban J connectivity index is 2.55. The Morgan fingerprint density at radius 2 is 2.00 bits per heavy atom. The van der Waals surface area contributed by atoms with Crippen molar-refractivity contribution in [3.05, 3.63) is 45.7 Å². The van der Waals surface area contributed by atoms with Crippen LogP contribution in [0.15, 0.2) is 34.9 Å². The summed E-state index contributed by atoms with van der Waals surface area (Å²) in [6.45, 7) is 0. The zero-order valence-electron chi connectivity index (χ0n) is 7.89. The Hall–Kier alpha value is -1.33. The number of halogens is 2. The van der Waals surface area contributed by atoms with Crippen LogP contribution >= 0.6 is 27.5 Å². The Morgan fingerprint density at radius 1 is 1.38 bits per heavy atom. The lowest BCUT2D eigenvalue weighted by Gasteiger charge is -2.03. The summed E-state index contributed by atoms with van der Waals surface area (Å²) in [4.78, 5) is 11.0. The molecule has 0 saturated heterocycles. The number of hydrogen-bond acceptors (Lipinski definition) is 2. The van der Waals surface area contributed by atoms with Crippen LogP contribution in [0.3, 0.4) is 0 Å². The molecule has 1 aromatic heterocycles. The van der Waals surface area contributed by atoms with Crippen LogP contribution in [0.4, 0.5) is 0 Å². The van der Waals surface area contributed by atoms with Gasteiger partial charge >= 0.3 is 5.97 Å². The molecular formula is C10H6BrClN2O2. The van der Waals surface area contributed by atoms with Gasteiger partial charge in [0.2, 0.25) is 0 Å². The SMILES string of the molecule is O=C(O)c1cc(Br)nn1-c1ccc(Cl)cc1. The first-order valence-electron chi connectivity index (χ1n) is 4.33. The van der Waals surface area contributed by atoms with Crippen LogP contribution in [0.5, 0.6) is 0 Å². The molecule has 6 heteroatoms. The molecule has 0 fully saturated rings. The van der Waals surface area contributed by atoms with E-state index in [9.17, 15) is 4.79 Å².